The number of guanidine groups is 1. The Morgan fingerprint density at radius 2 is 2.00 bits per heavy atom. The summed E-state index contributed by atoms with van der Waals surface area (Å²) in [6.07, 6.45) is 7.06. The first-order valence-electron chi connectivity index (χ1n) is 7.15. The van der Waals surface area contributed by atoms with Crippen LogP contribution in [0.4, 0.5) is 0 Å². The number of nitrogens with one attached hydrogen (secondary N) is 1. The normalized spacial score (nSPS) is 17.2. The molecule has 0 aliphatic heterocycles. The van der Waals surface area contributed by atoms with Gasteiger partial charge in [0.1, 0.15) is 0 Å². The molecule has 3 nitrogen and oxygen atoms in total. The summed E-state index contributed by atoms with van der Waals surface area (Å²) in [5, 5.41) is 4.64. The third-order valence-corrected chi connectivity index (χ3v) is 4.22. The average molecular weight is 314 g/mol. The van der Waals surface area contributed by atoms with Crippen molar-refractivity contribution in [2.45, 2.75) is 44.6 Å². The Morgan fingerprint density at radius 3 is 2.70 bits per heavy atom. The van der Waals surface area contributed by atoms with Crippen molar-refractivity contribution in [1.29, 1.82) is 0 Å². The van der Waals surface area contributed by atoms with Crippen LogP contribution < -0.4 is 11.1 Å². The zero-order chi connectivity index (χ0) is 14.4. The van der Waals surface area contributed by atoms with Crippen LogP contribution in [0.15, 0.2) is 23.2 Å². The highest BCUT2D eigenvalue weighted by Gasteiger charge is 2.13. The second-order valence-electron chi connectivity index (χ2n) is 5.23. The quantitative estimate of drug-likeness (QED) is 0.656. The van der Waals surface area contributed by atoms with Crippen LogP contribution >= 0.6 is 23.2 Å². The van der Waals surface area contributed by atoms with Crippen molar-refractivity contribution < 1.29 is 0 Å². The smallest absolute Gasteiger partial charge is 0.188 e. The van der Waals surface area contributed by atoms with Crippen LogP contribution in [-0.2, 0) is 6.42 Å². The summed E-state index contributed by atoms with van der Waals surface area (Å²) < 4.78 is 0. The Labute approximate surface area is 130 Å². The molecule has 1 aromatic carbocycles. The largest absolute Gasteiger partial charge is 0.370 e. The maximum Gasteiger partial charge on any atom is 0.188 e. The summed E-state index contributed by atoms with van der Waals surface area (Å²) in [7, 11) is 0. The number of halogens is 2. The lowest BCUT2D eigenvalue weighted by molar-refractivity contribution is 0.412. The Balaban J connectivity index is 1.79. The summed E-state index contributed by atoms with van der Waals surface area (Å²) in [4.78, 5) is 4.37. The Hall–Kier alpha value is -0.930. The number of nitrogens with two attached hydrogens (primary N) is 1. The van der Waals surface area contributed by atoms with E-state index >= 15 is 0 Å². The topological polar surface area (TPSA) is 50.4 Å². The van der Waals surface area contributed by atoms with Gasteiger partial charge in [0.05, 0.1) is 0 Å². The molecule has 2 rings (SSSR count). The van der Waals surface area contributed by atoms with Crippen LogP contribution in [0.3, 0.4) is 0 Å². The molecule has 0 aromatic heterocycles. The third-order valence-electron chi connectivity index (χ3n) is 3.64. The summed E-state index contributed by atoms with van der Waals surface area (Å²) in [5.41, 5.74) is 6.96. The molecule has 0 heterocycles. The zero-order valence-corrected chi connectivity index (χ0v) is 13.1. The average Bonchev–Trinajstić information content (AvgIpc) is 2.42. The van der Waals surface area contributed by atoms with Gasteiger partial charge < -0.3 is 11.1 Å². The Kier molecular flexibility index (Phi) is 5.99. The molecule has 1 aromatic rings. The van der Waals surface area contributed by atoms with Gasteiger partial charge in [-0.15, -0.1) is 0 Å². The van der Waals surface area contributed by atoms with Gasteiger partial charge in [0.25, 0.3) is 0 Å². The molecular weight excluding hydrogens is 293 g/mol. The summed E-state index contributed by atoms with van der Waals surface area (Å²) in [6, 6.07) is 6.03. The molecule has 0 spiro atoms. The van der Waals surface area contributed by atoms with E-state index in [1.807, 2.05) is 12.1 Å². The van der Waals surface area contributed by atoms with Gasteiger partial charge in [-0.2, -0.15) is 0 Å². The van der Waals surface area contributed by atoms with Crippen LogP contribution in [0, 0.1) is 0 Å². The van der Waals surface area contributed by atoms with E-state index in [-0.39, 0.29) is 0 Å². The fraction of sp³-hybridized carbons (Fsp3) is 0.533. The van der Waals surface area contributed by atoms with E-state index in [4.69, 9.17) is 28.9 Å². The van der Waals surface area contributed by atoms with E-state index in [0.29, 0.717) is 28.6 Å². The molecular formula is C15H21Cl2N3. The molecule has 0 bridgehead atoms. The first-order valence-corrected chi connectivity index (χ1v) is 7.91. The predicted octanol–water partition coefficient (Wildman–Crippen LogP) is 3.77. The number of hydrogen-bond acceptors (Lipinski definition) is 1. The SMILES string of the molecule is NC(=NCCc1ccc(Cl)cc1Cl)NC1CCCCC1. The maximum absolute atomic E-state index is 6.12. The molecule has 0 radical (unpaired) electrons. The van der Waals surface area contributed by atoms with Crippen LogP contribution in [-0.4, -0.2) is 18.5 Å². The summed E-state index contributed by atoms with van der Waals surface area (Å²) in [5.74, 6) is 0.544. The number of benzene rings is 1. The summed E-state index contributed by atoms with van der Waals surface area (Å²) >= 11 is 12.0. The van der Waals surface area contributed by atoms with Crippen molar-refractivity contribution in [2.75, 3.05) is 6.54 Å². The molecule has 1 saturated carbocycles. The minimum Gasteiger partial charge on any atom is -0.370 e. The van der Waals surface area contributed by atoms with Gasteiger partial charge >= 0.3 is 0 Å². The minimum atomic E-state index is 0.492. The Bertz CT molecular complexity index is 468. The number of rotatable bonds is 4. The number of nitrogens with zero attached hydrogens (tertiary/aromatic N) is 1. The van der Waals surface area contributed by atoms with Crippen LogP contribution in [0.2, 0.25) is 10.0 Å². The van der Waals surface area contributed by atoms with Crippen molar-refractivity contribution in [3.8, 4) is 0 Å². The van der Waals surface area contributed by atoms with E-state index in [1.54, 1.807) is 6.07 Å². The van der Waals surface area contributed by atoms with Crippen molar-refractivity contribution >= 4 is 29.2 Å². The second-order valence-corrected chi connectivity index (χ2v) is 6.08. The molecule has 1 aliphatic carbocycles. The molecule has 0 unspecified atom stereocenters. The zero-order valence-electron chi connectivity index (χ0n) is 11.5. The van der Waals surface area contributed by atoms with E-state index in [1.165, 1.54) is 32.1 Å². The van der Waals surface area contributed by atoms with Crippen molar-refractivity contribution in [2.24, 2.45) is 10.7 Å². The number of hydrogen-bond donors (Lipinski definition) is 2. The van der Waals surface area contributed by atoms with Gasteiger partial charge in [0.2, 0.25) is 0 Å². The molecule has 5 heteroatoms. The highest BCUT2D eigenvalue weighted by molar-refractivity contribution is 6.35. The number of aliphatic imine (C=N–C) groups is 1. The maximum atomic E-state index is 6.12. The van der Waals surface area contributed by atoms with E-state index < -0.39 is 0 Å². The first kappa shape index (κ1) is 15.5. The van der Waals surface area contributed by atoms with Gasteiger partial charge in [-0.25, -0.2) is 0 Å². The molecule has 1 aliphatic rings. The van der Waals surface area contributed by atoms with Gasteiger partial charge in [0.15, 0.2) is 5.96 Å². The van der Waals surface area contributed by atoms with E-state index in [2.05, 4.69) is 10.3 Å². The van der Waals surface area contributed by atoms with Gasteiger partial charge in [0, 0.05) is 22.6 Å². The molecule has 0 atom stereocenters. The Morgan fingerprint density at radius 1 is 1.25 bits per heavy atom. The standard InChI is InChI=1S/C15H21Cl2N3/c16-12-7-6-11(14(17)10-12)8-9-19-15(18)20-13-4-2-1-3-5-13/h6-7,10,13H,1-5,8-9H2,(H3,18,19,20). The highest BCUT2D eigenvalue weighted by Crippen LogP contribution is 2.21. The fourth-order valence-electron chi connectivity index (χ4n) is 2.52. The summed E-state index contributed by atoms with van der Waals surface area (Å²) in [6.45, 7) is 0.632. The van der Waals surface area contributed by atoms with Gasteiger partial charge in [-0.1, -0.05) is 48.5 Å². The monoisotopic (exact) mass is 313 g/mol. The lowest BCUT2D eigenvalue weighted by Gasteiger charge is -2.23. The van der Waals surface area contributed by atoms with E-state index in [0.717, 1.165) is 12.0 Å². The van der Waals surface area contributed by atoms with Crippen molar-refractivity contribution in [3.63, 3.8) is 0 Å². The second kappa shape index (κ2) is 7.75. The molecule has 0 amide bonds. The minimum absolute atomic E-state index is 0.492. The highest BCUT2D eigenvalue weighted by atomic mass is 35.5. The van der Waals surface area contributed by atoms with Crippen molar-refractivity contribution in [3.05, 3.63) is 33.8 Å². The fourth-order valence-corrected chi connectivity index (χ4v) is 3.03. The third kappa shape index (κ3) is 4.88. The van der Waals surface area contributed by atoms with Gasteiger partial charge in [-0.05, 0) is 37.0 Å². The predicted molar refractivity (Wildman–Crippen MR) is 86.7 cm³/mol. The first-order chi connectivity index (χ1) is 9.65. The molecule has 0 saturated heterocycles. The molecule has 110 valence electrons. The van der Waals surface area contributed by atoms with Crippen LogP contribution in [0.5, 0.6) is 0 Å². The lowest BCUT2D eigenvalue weighted by atomic mass is 9.96. The van der Waals surface area contributed by atoms with Crippen LogP contribution in [0.25, 0.3) is 0 Å². The van der Waals surface area contributed by atoms with E-state index in [9.17, 15) is 0 Å². The molecule has 1 fully saturated rings. The van der Waals surface area contributed by atoms with Gasteiger partial charge in [-0.3, -0.25) is 4.99 Å². The lowest BCUT2D eigenvalue weighted by Crippen LogP contribution is -2.41. The molecule has 3 N–H and O–H groups in total. The van der Waals surface area contributed by atoms with Crippen molar-refractivity contribution in [1.82, 2.24) is 5.32 Å². The molecule has 20 heavy (non-hydrogen) atoms. The van der Waals surface area contributed by atoms with Crippen LogP contribution in [0.1, 0.15) is 37.7 Å².